The van der Waals surface area contributed by atoms with E-state index >= 15 is 0 Å². The summed E-state index contributed by atoms with van der Waals surface area (Å²) in [6, 6.07) is 0. The molecule has 1 unspecified atom stereocenters. The molecule has 2 heterocycles. The van der Waals surface area contributed by atoms with E-state index in [0.717, 1.165) is 0 Å². The van der Waals surface area contributed by atoms with E-state index in [4.69, 9.17) is 14.6 Å². The first-order valence-corrected chi connectivity index (χ1v) is 3.78. The van der Waals surface area contributed by atoms with E-state index in [-0.39, 0.29) is 18.8 Å². The van der Waals surface area contributed by atoms with Crippen LogP contribution in [0.15, 0.2) is 0 Å². The molecule has 2 fully saturated rings. The summed E-state index contributed by atoms with van der Waals surface area (Å²) in [5.74, 6) is 0. The van der Waals surface area contributed by atoms with Crippen LogP contribution in [0.5, 0.6) is 0 Å². The minimum atomic E-state index is -0.829. The van der Waals surface area contributed by atoms with Gasteiger partial charge in [-0.2, -0.15) is 0 Å². The van der Waals surface area contributed by atoms with Gasteiger partial charge in [0.15, 0.2) is 0 Å². The molecular weight excluding hydrogens is 148 g/mol. The minimum Gasteiger partial charge on any atom is -0.393 e. The van der Waals surface area contributed by atoms with Gasteiger partial charge in [0.25, 0.3) is 0 Å². The Hall–Kier alpha value is -0.160. The molecule has 0 saturated carbocycles. The third kappa shape index (κ3) is 0.780. The molecule has 2 N–H and O–H groups in total. The highest BCUT2D eigenvalue weighted by molar-refractivity contribution is 5.06. The smallest absolute Gasteiger partial charge is 0.143 e. The number of aliphatic hydroxyl groups is 2. The SMILES string of the molecule is C[C@@H]1O[C@]2(CO)CO[C@H]1C2O. The molecule has 2 bridgehead atoms. The highest BCUT2D eigenvalue weighted by Gasteiger charge is 2.59. The van der Waals surface area contributed by atoms with Gasteiger partial charge in [-0.05, 0) is 6.92 Å². The van der Waals surface area contributed by atoms with Crippen molar-refractivity contribution < 1.29 is 19.7 Å². The number of rotatable bonds is 1. The molecule has 0 aliphatic carbocycles. The Morgan fingerprint density at radius 1 is 1.64 bits per heavy atom. The molecular formula is C7H12O4. The van der Waals surface area contributed by atoms with Crippen LogP contribution in [-0.2, 0) is 9.47 Å². The van der Waals surface area contributed by atoms with Gasteiger partial charge >= 0.3 is 0 Å². The normalized spacial score (nSPS) is 55.4. The lowest BCUT2D eigenvalue weighted by atomic mass is 10.0. The summed E-state index contributed by atoms with van der Waals surface area (Å²) in [7, 11) is 0. The van der Waals surface area contributed by atoms with Crippen molar-refractivity contribution in [2.24, 2.45) is 0 Å². The molecule has 0 amide bonds. The summed E-state index contributed by atoms with van der Waals surface area (Å²) in [4.78, 5) is 0. The van der Waals surface area contributed by atoms with Crippen LogP contribution in [0.4, 0.5) is 0 Å². The zero-order valence-electron chi connectivity index (χ0n) is 6.36. The van der Waals surface area contributed by atoms with E-state index < -0.39 is 11.7 Å². The van der Waals surface area contributed by atoms with Crippen LogP contribution >= 0.6 is 0 Å². The molecule has 0 aromatic rings. The fourth-order valence-electron chi connectivity index (χ4n) is 1.82. The molecule has 2 rings (SSSR count). The lowest BCUT2D eigenvalue weighted by molar-refractivity contribution is -0.155. The lowest BCUT2D eigenvalue weighted by Crippen LogP contribution is -2.44. The van der Waals surface area contributed by atoms with Gasteiger partial charge in [-0.1, -0.05) is 0 Å². The van der Waals surface area contributed by atoms with E-state index in [1.54, 1.807) is 0 Å². The Morgan fingerprint density at radius 2 is 2.36 bits per heavy atom. The first-order chi connectivity index (χ1) is 5.19. The van der Waals surface area contributed by atoms with E-state index in [0.29, 0.717) is 6.61 Å². The van der Waals surface area contributed by atoms with Crippen LogP contribution in [0.2, 0.25) is 0 Å². The van der Waals surface area contributed by atoms with Crippen LogP contribution in [0.1, 0.15) is 6.92 Å². The zero-order valence-corrected chi connectivity index (χ0v) is 6.36. The van der Waals surface area contributed by atoms with E-state index in [1.807, 2.05) is 6.92 Å². The summed E-state index contributed by atoms with van der Waals surface area (Å²) in [6.45, 7) is 1.97. The Bertz CT molecular complexity index is 172. The second-order valence-electron chi connectivity index (χ2n) is 3.27. The second kappa shape index (κ2) is 2.17. The molecule has 4 heteroatoms. The molecule has 11 heavy (non-hydrogen) atoms. The predicted octanol–water partition coefficient (Wildman–Crippen LogP) is -1.10. The molecule has 2 saturated heterocycles. The van der Waals surface area contributed by atoms with Gasteiger partial charge in [-0.15, -0.1) is 0 Å². The van der Waals surface area contributed by atoms with Crippen molar-refractivity contribution in [1.29, 1.82) is 0 Å². The Labute approximate surface area is 64.7 Å². The standard InChI is InChI=1S/C7H12O4/c1-4-5-6(9)7(2-8,11-4)3-10-5/h4-6,8-9H,2-3H2,1H3/t4-,5+,6?,7+/m0/s1. The van der Waals surface area contributed by atoms with Crippen LogP contribution in [-0.4, -0.2) is 47.3 Å². The Kier molecular flexibility index (Phi) is 1.47. The Morgan fingerprint density at radius 3 is 2.64 bits per heavy atom. The molecule has 0 aromatic heterocycles. The number of hydrogen-bond acceptors (Lipinski definition) is 4. The minimum absolute atomic E-state index is 0.106. The molecule has 64 valence electrons. The first-order valence-electron chi connectivity index (χ1n) is 3.78. The van der Waals surface area contributed by atoms with E-state index in [2.05, 4.69) is 0 Å². The van der Waals surface area contributed by atoms with Crippen molar-refractivity contribution in [3.63, 3.8) is 0 Å². The quantitative estimate of drug-likeness (QED) is 0.511. The average Bonchev–Trinajstić information content (AvgIpc) is 2.42. The van der Waals surface area contributed by atoms with Crippen molar-refractivity contribution in [1.82, 2.24) is 0 Å². The maximum Gasteiger partial charge on any atom is 0.143 e. The zero-order chi connectivity index (χ0) is 8.06. The number of aliphatic hydroxyl groups excluding tert-OH is 2. The molecule has 4 nitrogen and oxygen atoms in total. The van der Waals surface area contributed by atoms with Gasteiger partial charge in [0.05, 0.1) is 19.3 Å². The molecule has 4 atom stereocenters. The third-order valence-electron chi connectivity index (χ3n) is 2.52. The number of fused-ring (bicyclic) bond motifs is 2. The van der Waals surface area contributed by atoms with Crippen molar-refractivity contribution in [3.05, 3.63) is 0 Å². The van der Waals surface area contributed by atoms with Crippen LogP contribution in [0.3, 0.4) is 0 Å². The van der Waals surface area contributed by atoms with Gasteiger partial charge < -0.3 is 19.7 Å². The molecule has 0 radical (unpaired) electrons. The van der Waals surface area contributed by atoms with Crippen LogP contribution in [0, 0.1) is 0 Å². The molecule has 2 aliphatic heterocycles. The van der Waals surface area contributed by atoms with Gasteiger partial charge in [-0.25, -0.2) is 0 Å². The predicted molar refractivity (Wildman–Crippen MR) is 36.1 cm³/mol. The molecule has 0 aromatic carbocycles. The highest BCUT2D eigenvalue weighted by atomic mass is 16.6. The summed E-state index contributed by atoms with van der Waals surface area (Å²) in [5.41, 5.74) is -0.829. The highest BCUT2D eigenvalue weighted by Crippen LogP contribution is 2.39. The van der Waals surface area contributed by atoms with Crippen LogP contribution in [0.25, 0.3) is 0 Å². The summed E-state index contributed by atoms with van der Waals surface area (Å²) in [6.07, 6.45) is -1.02. The van der Waals surface area contributed by atoms with Crippen molar-refractivity contribution in [3.8, 4) is 0 Å². The maximum absolute atomic E-state index is 9.54. The van der Waals surface area contributed by atoms with Crippen LogP contribution < -0.4 is 0 Å². The first kappa shape index (κ1) is 7.49. The summed E-state index contributed by atoms with van der Waals surface area (Å²) >= 11 is 0. The second-order valence-corrected chi connectivity index (χ2v) is 3.27. The van der Waals surface area contributed by atoms with Crippen molar-refractivity contribution in [2.45, 2.75) is 30.8 Å². The largest absolute Gasteiger partial charge is 0.393 e. The van der Waals surface area contributed by atoms with E-state index in [9.17, 15) is 5.11 Å². The number of ether oxygens (including phenoxy) is 2. The fourth-order valence-corrected chi connectivity index (χ4v) is 1.82. The van der Waals surface area contributed by atoms with Gasteiger partial charge in [-0.3, -0.25) is 0 Å². The number of hydrogen-bond donors (Lipinski definition) is 2. The van der Waals surface area contributed by atoms with Gasteiger partial charge in [0.2, 0.25) is 0 Å². The summed E-state index contributed by atoms with van der Waals surface area (Å²) in [5, 5.41) is 18.5. The van der Waals surface area contributed by atoms with Gasteiger partial charge in [0, 0.05) is 0 Å². The topological polar surface area (TPSA) is 58.9 Å². The monoisotopic (exact) mass is 160 g/mol. The average molecular weight is 160 g/mol. The summed E-state index contributed by atoms with van der Waals surface area (Å²) < 4.78 is 10.6. The van der Waals surface area contributed by atoms with E-state index in [1.165, 1.54) is 0 Å². The molecule has 2 aliphatic rings. The molecule has 0 spiro atoms. The van der Waals surface area contributed by atoms with Gasteiger partial charge in [0.1, 0.15) is 17.8 Å². The van der Waals surface area contributed by atoms with Crippen molar-refractivity contribution in [2.75, 3.05) is 13.2 Å². The fraction of sp³-hybridized carbons (Fsp3) is 1.00. The third-order valence-corrected chi connectivity index (χ3v) is 2.52. The lowest BCUT2D eigenvalue weighted by Gasteiger charge is -2.26. The van der Waals surface area contributed by atoms with Crippen molar-refractivity contribution >= 4 is 0 Å². The maximum atomic E-state index is 9.54. The Balaban J connectivity index is 2.24.